The van der Waals surface area contributed by atoms with Crippen LogP contribution in [0.3, 0.4) is 0 Å². The van der Waals surface area contributed by atoms with Gasteiger partial charge in [0.15, 0.2) is 9.84 Å². The van der Waals surface area contributed by atoms with E-state index < -0.39 is 15.1 Å². The van der Waals surface area contributed by atoms with Gasteiger partial charge in [-0.2, -0.15) is 0 Å². The lowest BCUT2D eigenvalue weighted by Gasteiger charge is -2.21. The van der Waals surface area contributed by atoms with Crippen molar-refractivity contribution in [2.45, 2.75) is 42.7 Å². The summed E-state index contributed by atoms with van der Waals surface area (Å²) in [5.74, 6) is 0. The molecule has 0 amide bonds. The number of hydrogen-bond donors (Lipinski definition) is 0. The fourth-order valence-corrected chi connectivity index (χ4v) is 4.47. The average molecular weight is 331 g/mol. The lowest BCUT2D eigenvalue weighted by atomic mass is 9.90. The smallest absolute Gasteiger partial charge is 0.151 e. The van der Waals surface area contributed by atoms with Crippen molar-refractivity contribution in [1.29, 1.82) is 0 Å². The second kappa shape index (κ2) is 5.33. The van der Waals surface area contributed by atoms with E-state index in [-0.39, 0.29) is 4.83 Å². The molecule has 0 heterocycles. The van der Waals surface area contributed by atoms with Gasteiger partial charge < -0.3 is 0 Å². The van der Waals surface area contributed by atoms with E-state index in [0.717, 1.165) is 18.4 Å². The first-order chi connectivity index (χ1) is 8.39. The highest BCUT2D eigenvalue weighted by Crippen LogP contribution is 2.33. The number of aryl methyl sites for hydroxylation is 2. The van der Waals surface area contributed by atoms with Crippen molar-refractivity contribution in [1.82, 2.24) is 0 Å². The molecule has 2 atom stereocenters. The van der Waals surface area contributed by atoms with E-state index in [2.05, 4.69) is 34.1 Å². The van der Waals surface area contributed by atoms with E-state index >= 15 is 0 Å². The number of rotatable bonds is 3. The summed E-state index contributed by atoms with van der Waals surface area (Å²) in [7, 11) is -3.02. The Labute approximate surface area is 118 Å². The van der Waals surface area contributed by atoms with Crippen LogP contribution in [0.5, 0.6) is 0 Å². The molecule has 0 saturated heterocycles. The molecule has 0 bridgehead atoms. The van der Waals surface area contributed by atoms with Gasteiger partial charge in [-0.1, -0.05) is 34.1 Å². The molecule has 1 aromatic carbocycles. The van der Waals surface area contributed by atoms with E-state index in [4.69, 9.17) is 0 Å². The molecule has 0 fully saturated rings. The molecule has 0 radical (unpaired) electrons. The number of halogens is 1. The van der Waals surface area contributed by atoms with Gasteiger partial charge in [-0.15, -0.1) is 0 Å². The summed E-state index contributed by atoms with van der Waals surface area (Å²) >= 11 is 3.54. The summed E-state index contributed by atoms with van der Waals surface area (Å²) in [4.78, 5) is -0.125. The zero-order chi connectivity index (χ0) is 13.3. The summed E-state index contributed by atoms with van der Waals surface area (Å²) in [6, 6.07) is 6.40. The molecule has 100 valence electrons. The molecule has 0 aliphatic heterocycles. The first-order valence-electron chi connectivity index (χ1n) is 6.34. The van der Waals surface area contributed by atoms with Gasteiger partial charge in [-0.25, -0.2) is 8.42 Å². The Morgan fingerprint density at radius 1 is 1.17 bits per heavy atom. The molecule has 1 aromatic rings. The fourth-order valence-electron chi connectivity index (χ4n) is 2.41. The molecule has 4 heteroatoms. The maximum absolute atomic E-state index is 11.6. The fraction of sp³-hybridized carbons (Fsp3) is 0.571. The Hall–Kier alpha value is -0.350. The standard InChI is InChI=1S/C14H19BrO2S/c1-10(18(2,16)17)14(15)13-8-7-11-5-3-4-6-12(11)9-13/h7-10,14H,3-6H2,1-2H3. The van der Waals surface area contributed by atoms with Crippen LogP contribution in [0.1, 0.15) is 41.3 Å². The van der Waals surface area contributed by atoms with Gasteiger partial charge in [0.05, 0.1) is 10.1 Å². The SMILES string of the molecule is CC(C(Br)c1ccc2c(c1)CCCC2)S(C)(=O)=O. The minimum absolute atomic E-state index is 0.125. The van der Waals surface area contributed by atoms with Gasteiger partial charge in [-0.3, -0.25) is 0 Å². The van der Waals surface area contributed by atoms with Gasteiger partial charge in [0.2, 0.25) is 0 Å². The topological polar surface area (TPSA) is 34.1 Å². The van der Waals surface area contributed by atoms with E-state index in [1.807, 2.05) is 0 Å². The Morgan fingerprint density at radius 2 is 1.78 bits per heavy atom. The minimum atomic E-state index is -3.02. The van der Waals surface area contributed by atoms with Gasteiger partial charge in [0, 0.05) is 6.26 Å². The normalized spacial score (nSPS) is 19.1. The maximum Gasteiger partial charge on any atom is 0.151 e. The number of benzene rings is 1. The van der Waals surface area contributed by atoms with Gasteiger partial charge in [0.1, 0.15) is 0 Å². The van der Waals surface area contributed by atoms with E-state index in [0.29, 0.717) is 0 Å². The highest BCUT2D eigenvalue weighted by molar-refractivity contribution is 9.09. The van der Waals surface area contributed by atoms with Crippen LogP contribution < -0.4 is 0 Å². The summed E-state index contributed by atoms with van der Waals surface area (Å²) in [5.41, 5.74) is 3.90. The van der Waals surface area contributed by atoms with Crippen LogP contribution in [0, 0.1) is 0 Å². The number of sulfone groups is 1. The van der Waals surface area contributed by atoms with Crippen LogP contribution in [0.2, 0.25) is 0 Å². The van der Waals surface area contributed by atoms with Crippen molar-refractivity contribution in [2.24, 2.45) is 0 Å². The Balaban J connectivity index is 2.29. The van der Waals surface area contributed by atoms with Gasteiger partial charge in [0.25, 0.3) is 0 Å². The van der Waals surface area contributed by atoms with E-state index in [1.54, 1.807) is 6.92 Å². The van der Waals surface area contributed by atoms with Crippen LogP contribution in [0.25, 0.3) is 0 Å². The molecule has 0 aromatic heterocycles. The quantitative estimate of drug-likeness (QED) is 0.795. The summed E-state index contributed by atoms with van der Waals surface area (Å²) in [6.07, 6.45) is 6.08. The first kappa shape index (κ1) is 14.1. The van der Waals surface area contributed by atoms with Crippen LogP contribution in [-0.4, -0.2) is 19.9 Å². The van der Waals surface area contributed by atoms with Crippen molar-refractivity contribution >= 4 is 25.8 Å². The highest BCUT2D eigenvalue weighted by atomic mass is 79.9. The molecule has 0 saturated carbocycles. The Kier molecular flexibility index (Phi) is 4.17. The van der Waals surface area contributed by atoms with Crippen LogP contribution in [0.4, 0.5) is 0 Å². The zero-order valence-corrected chi connectivity index (χ0v) is 13.2. The monoisotopic (exact) mass is 330 g/mol. The third-order valence-electron chi connectivity index (χ3n) is 3.78. The van der Waals surface area contributed by atoms with Crippen molar-refractivity contribution in [2.75, 3.05) is 6.26 Å². The summed E-state index contributed by atoms with van der Waals surface area (Å²) in [6.45, 7) is 1.76. The van der Waals surface area contributed by atoms with Crippen molar-refractivity contribution in [3.05, 3.63) is 34.9 Å². The lowest BCUT2D eigenvalue weighted by molar-refractivity contribution is 0.588. The molecule has 18 heavy (non-hydrogen) atoms. The molecular weight excluding hydrogens is 312 g/mol. The molecule has 2 rings (SSSR count). The molecular formula is C14H19BrO2S. The highest BCUT2D eigenvalue weighted by Gasteiger charge is 2.25. The van der Waals surface area contributed by atoms with E-state index in [1.165, 1.54) is 30.2 Å². The molecule has 1 aliphatic carbocycles. The maximum atomic E-state index is 11.6. The number of fused-ring (bicyclic) bond motifs is 1. The van der Waals surface area contributed by atoms with Gasteiger partial charge >= 0.3 is 0 Å². The van der Waals surface area contributed by atoms with Gasteiger partial charge in [-0.05, 0) is 49.3 Å². The number of alkyl halides is 1. The average Bonchev–Trinajstić information content (AvgIpc) is 2.35. The van der Waals surface area contributed by atoms with E-state index in [9.17, 15) is 8.42 Å². The van der Waals surface area contributed by atoms with Crippen LogP contribution >= 0.6 is 15.9 Å². The molecule has 0 N–H and O–H groups in total. The third-order valence-corrected chi connectivity index (χ3v) is 7.07. The van der Waals surface area contributed by atoms with Crippen LogP contribution in [-0.2, 0) is 22.7 Å². The van der Waals surface area contributed by atoms with Crippen molar-refractivity contribution < 1.29 is 8.42 Å². The molecule has 1 aliphatic rings. The predicted octanol–water partition coefficient (Wildman–Crippen LogP) is 3.43. The molecule has 2 unspecified atom stereocenters. The first-order valence-corrected chi connectivity index (χ1v) is 9.21. The minimum Gasteiger partial charge on any atom is -0.229 e. The number of hydrogen-bond acceptors (Lipinski definition) is 2. The Bertz CT molecular complexity index is 537. The second-order valence-electron chi connectivity index (χ2n) is 5.17. The third kappa shape index (κ3) is 2.97. The Morgan fingerprint density at radius 3 is 2.39 bits per heavy atom. The van der Waals surface area contributed by atoms with Crippen molar-refractivity contribution in [3.63, 3.8) is 0 Å². The summed E-state index contributed by atoms with van der Waals surface area (Å²) in [5, 5.41) is -0.404. The largest absolute Gasteiger partial charge is 0.229 e. The van der Waals surface area contributed by atoms with Crippen molar-refractivity contribution in [3.8, 4) is 0 Å². The van der Waals surface area contributed by atoms with Crippen LogP contribution in [0.15, 0.2) is 18.2 Å². The summed E-state index contributed by atoms with van der Waals surface area (Å²) < 4.78 is 23.2. The lowest BCUT2D eigenvalue weighted by Crippen LogP contribution is -2.21. The zero-order valence-electron chi connectivity index (χ0n) is 10.8. The molecule has 2 nitrogen and oxygen atoms in total. The second-order valence-corrected chi connectivity index (χ2v) is 8.56. The predicted molar refractivity (Wildman–Crippen MR) is 79.1 cm³/mol. The molecule has 0 spiro atoms.